The van der Waals surface area contributed by atoms with Crippen molar-refractivity contribution in [3.05, 3.63) is 51.5 Å². The molecule has 114 valence electrons. The summed E-state index contributed by atoms with van der Waals surface area (Å²) < 4.78 is 37.9. The van der Waals surface area contributed by atoms with Crippen molar-refractivity contribution in [3.63, 3.8) is 0 Å². The molecule has 1 atom stereocenters. The van der Waals surface area contributed by atoms with Gasteiger partial charge in [0.1, 0.15) is 5.01 Å². The number of rotatable bonds is 5. The molecule has 6 heteroatoms. The quantitative estimate of drug-likeness (QED) is 0.874. The fraction of sp³-hybridized carbons (Fsp3) is 0.400. The summed E-state index contributed by atoms with van der Waals surface area (Å²) in [6.45, 7) is 4.41. The Labute approximate surface area is 126 Å². The average Bonchev–Trinajstić information content (AvgIpc) is 2.93. The van der Waals surface area contributed by atoms with Gasteiger partial charge in [-0.1, -0.05) is 25.1 Å². The zero-order valence-corrected chi connectivity index (χ0v) is 12.7. The van der Waals surface area contributed by atoms with E-state index < -0.39 is 11.7 Å². The molecule has 0 aliphatic heterocycles. The fourth-order valence-electron chi connectivity index (χ4n) is 1.90. The predicted molar refractivity (Wildman–Crippen MR) is 78.2 cm³/mol. The summed E-state index contributed by atoms with van der Waals surface area (Å²) in [4.78, 5) is 5.54. The molecule has 0 saturated heterocycles. The third-order valence-electron chi connectivity index (χ3n) is 3.16. The van der Waals surface area contributed by atoms with Gasteiger partial charge in [-0.2, -0.15) is 13.2 Å². The third-order valence-corrected chi connectivity index (χ3v) is 4.48. The average molecular weight is 314 g/mol. The summed E-state index contributed by atoms with van der Waals surface area (Å²) in [5, 5.41) is 4.17. The lowest BCUT2D eigenvalue weighted by molar-refractivity contribution is -0.137. The highest BCUT2D eigenvalue weighted by Gasteiger charge is 2.30. The molecule has 0 aliphatic rings. The number of nitrogens with one attached hydrogen (secondary N) is 1. The Bertz CT molecular complexity index is 593. The monoisotopic (exact) mass is 314 g/mol. The van der Waals surface area contributed by atoms with Gasteiger partial charge in [0.25, 0.3) is 0 Å². The van der Waals surface area contributed by atoms with Gasteiger partial charge in [-0.05, 0) is 25.0 Å². The van der Waals surface area contributed by atoms with Crippen LogP contribution in [0.1, 0.15) is 40.9 Å². The number of alkyl halides is 3. The van der Waals surface area contributed by atoms with Crippen LogP contribution in [0.5, 0.6) is 0 Å². The molecule has 0 fully saturated rings. The number of hydrogen-bond donors (Lipinski definition) is 1. The van der Waals surface area contributed by atoms with E-state index in [9.17, 15) is 13.2 Å². The number of nitrogens with zero attached hydrogens (tertiary/aromatic N) is 1. The Morgan fingerprint density at radius 3 is 2.71 bits per heavy atom. The van der Waals surface area contributed by atoms with Crippen molar-refractivity contribution in [2.45, 2.75) is 39.0 Å². The van der Waals surface area contributed by atoms with Gasteiger partial charge in [0.2, 0.25) is 0 Å². The highest BCUT2D eigenvalue weighted by molar-refractivity contribution is 7.11. The summed E-state index contributed by atoms with van der Waals surface area (Å²) in [7, 11) is 0. The van der Waals surface area contributed by atoms with Crippen molar-refractivity contribution >= 4 is 11.3 Å². The molecule has 2 rings (SSSR count). The Hall–Kier alpha value is -1.40. The zero-order chi connectivity index (χ0) is 15.5. The van der Waals surface area contributed by atoms with Crippen LogP contribution in [0.15, 0.2) is 30.5 Å². The van der Waals surface area contributed by atoms with E-state index in [4.69, 9.17) is 0 Å². The van der Waals surface area contributed by atoms with Gasteiger partial charge in [0, 0.05) is 17.6 Å². The molecule has 0 amide bonds. The van der Waals surface area contributed by atoms with E-state index in [1.807, 2.05) is 13.1 Å². The molecule has 0 radical (unpaired) electrons. The Balaban J connectivity index is 1.99. The molecule has 2 nitrogen and oxygen atoms in total. The normalized spacial score (nSPS) is 13.4. The standard InChI is InChI=1S/C15H17F3N2S/c1-3-13-9-20-14(21-13)10(2)19-8-11-5-4-6-12(7-11)15(16,17)18/h4-7,9-10,19H,3,8H2,1-2H3. The SMILES string of the molecule is CCc1cnc(C(C)NCc2cccc(C(F)(F)F)c2)s1. The van der Waals surface area contributed by atoms with E-state index >= 15 is 0 Å². The minimum absolute atomic E-state index is 0.0184. The highest BCUT2D eigenvalue weighted by atomic mass is 32.1. The second kappa shape index (κ2) is 6.58. The van der Waals surface area contributed by atoms with E-state index in [1.165, 1.54) is 17.0 Å². The molecule has 0 saturated carbocycles. The summed E-state index contributed by atoms with van der Waals surface area (Å²) in [5.74, 6) is 0. The molecule has 1 aromatic carbocycles. The van der Waals surface area contributed by atoms with E-state index in [0.717, 1.165) is 17.5 Å². The summed E-state index contributed by atoms with van der Waals surface area (Å²) in [6, 6.07) is 5.40. The van der Waals surface area contributed by atoms with Gasteiger partial charge >= 0.3 is 6.18 Å². The van der Waals surface area contributed by atoms with Crippen molar-refractivity contribution in [1.29, 1.82) is 0 Å². The first-order chi connectivity index (χ1) is 9.90. The first-order valence-electron chi connectivity index (χ1n) is 6.74. The third kappa shape index (κ3) is 4.28. The lowest BCUT2D eigenvalue weighted by Gasteiger charge is -2.13. The number of benzene rings is 1. The maximum atomic E-state index is 12.6. The molecule has 1 aromatic heterocycles. The maximum absolute atomic E-state index is 12.6. The largest absolute Gasteiger partial charge is 0.416 e. The molecular formula is C15H17F3N2S. The lowest BCUT2D eigenvalue weighted by Crippen LogP contribution is -2.18. The topological polar surface area (TPSA) is 24.9 Å². The van der Waals surface area contributed by atoms with Crippen LogP contribution in [0.4, 0.5) is 13.2 Å². The van der Waals surface area contributed by atoms with E-state index in [1.54, 1.807) is 17.4 Å². The molecule has 1 N–H and O–H groups in total. The van der Waals surface area contributed by atoms with Crippen molar-refractivity contribution < 1.29 is 13.2 Å². The van der Waals surface area contributed by atoms with Crippen LogP contribution in [-0.2, 0) is 19.1 Å². The van der Waals surface area contributed by atoms with E-state index in [2.05, 4.69) is 17.2 Å². The first-order valence-corrected chi connectivity index (χ1v) is 7.56. The smallest absolute Gasteiger partial charge is 0.304 e. The van der Waals surface area contributed by atoms with Crippen LogP contribution in [-0.4, -0.2) is 4.98 Å². The fourth-order valence-corrected chi connectivity index (χ4v) is 2.79. The van der Waals surface area contributed by atoms with Gasteiger partial charge in [0.15, 0.2) is 0 Å². The minimum Gasteiger partial charge on any atom is -0.304 e. The van der Waals surface area contributed by atoms with Gasteiger partial charge in [0.05, 0.1) is 11.6 Å². The number of halogens is 3. The summed E-state index contributed by atoms with van der Waals surface area (Å²) >= 11 is 1.63. The Kier molecular flexibility index (Phi) is 5.00. The first kappa shape index (κ1) is 16.0. The second-order valence-corrected chi connectivity index (χ2v) is 5.97. The van der Waals surface area contributed by atoms with Gasteiger partial charge < -0.3 is 5.32 Å². The van der Waals surface area contributed by atoms with Crippen LogP contribution in [0, 0.1) is 0 Å². The number of hydrogen-bond acceptors (Lipinski definition) is 3. The summed E-state index contributed by atoms with van der Waals surface area (Å²) in [5.41, 5.74) is 0.000849. The molecule has 21 heavy (non-hydrogen) atoms. The Morgan fingerprint density at radius 2 is 2.10 bits per heavy atom. The van der Waals surface area contributed by atoms with Crippen LogP contribution in [0.3, 0.4) is 0 Å². The number of aromatic nitrogens is 1. The van der Waals surface area contributed by atoms with Crippen molar-refractivity contribution in [1.82, 2.24) is 10.3 Å². The zero-order valence-electron chi connectivity index (χ0n) is 11.9. The molecule has 2 aromatic rings. The highest BCUT2D eigenvalue weighted by Crippen LogP contribution is 2.29. The minimum atomic E-state index is -4.30. The number of thiazole rings is 1. The molecule has 1 unspecified atom stereocenters. The van der Waals surface area contributed by atoms with Gasteiger partial charge in [-0.15, -0.1) is 11.3 Å². The Morgan fingerprint density at radius 1 is 1.33 bits per heavy atom. The van der Waals surface area contributed by atoms with Crippen molar-refractivity contribution in [2.24, 2.45) is 0 Å². The van der Waals surface area contributed by atoms with Crippen LogP contribution >= 0.6 is 11.3 Å². The van der Waals surface area contributed by atoms with Gasteiger partial charge in [-0.3, -0.25) is 0 Å². The van der Waals surface area contributed by atoms with Gasteiger partial charge in [-0.25, -0.2) is 4.98 Å². The number of aryl methyl sites for hydroxylation is 1. The lowest BCUT2D eigenvalue weighted by atomic mass is 10.1. The van der Waals surface area contributed by atoms with E-state index in [0.29, 0.717) is 12.1 Å². The van der Waals surface area contributed by atoms with Crippen LogP contribution < -0.4 is 5.32 Å². The predicted octanol–water partition coefficient (Wildman–Crippen LogP) is 4.58. The van der Waals surface area contributed by atoms with Crippen molar-refractivity contribution in [2.75, 3.05) is 0 Å². The summed E-state index contributed by atoms with van der Waals surface area (Å²) in [6.07, 6.45) is -1.51. The molecular weight excluding hydrogens is 297 g/mol. The molecule has 1 heterocycles. The molecule has 0 spiro atoms. The van der Waals surface area contributed by atoms with Crippen LogP contribution in [0.2, 0.25) is 0 Å². The van der Waals surface area contributed by atoms with Crippen molar-refractivity contribution in [3.8, 4) is 0 Å². The van der Waals surface area contributed by atoms with Crippen LogP contribution in [0.25, 0.3) is 0 Å². The van der Waals surface area contributed by atoms with E-state index in [-0.39, 0.29) is 6.04 Å². The molecule has 0 bridgehead atoms. The maximum Gasteiger partial charge on any atom is 0.416 e. The second-order valence-electron chi connectivity index (χ2n) is 4.82. The molecule has 0 aliphatic carbocycles.